The molecule has 0 heterocycles. The summed E-state index contributed by atoms with van der Waals surface area (Å²) >= 11 is 0. The van der Waals surface area contributed by atoms with Crippen molar-refractivity contribution in [3.63, 3.8) is 0 Å². The van der Waals surface area contributed by atoms with Gasteiger partial charge < -0.3 is 10.0 Å². The van der Waals surface area contributed by atoms with Gasteiger partial charge in [0.25, 0.3) is 0 Å². The SMILES string of the molecule is CCN(Cc1ccc(C(c2ccccc2)c2ccc(N(C)Cc3ccc(C)cc3)cc2C(=O)O)cc1)C(C)C(C)C. The number of aryl methyl sites for hydroxylation is 1. The Kier molecular flexibility index (Phi) is 10.0. The van der Waals surface area contributed by atoms with Crippen LogP contribution in [-0.4, -0.2) is 35.6 Å². The number of anilines is 1. The molecule has 0 bridgehead atoms. The monoisotopic (exact) mass is 548 g/mol. The molecule has 4 heteroatoms. The molecule has 0 aliphatic rings. The lowest BCUT2D eigenvalue weighted by molar-refractivity contribution is 0.0695. The molecule has 0 spiro atoms. The number of carboxylic acid groups (broad SMARTS) is 1. The Balaban J connectivity index is 1.68. The predicted octanol–water partition coefficient (Wildman–Crippen LogP) is 8.38. The van der Waals surface area contributed by atoms with Gasteiger partial charge in [0.15, 0.2) is 0 Å². The zero-order chi connectivity index (χ0) is 29.5. The molecule has 214 valence electrons. The zero-order valence-corrected chi connectivity index (χ0v) is 25.3. The molecule has 0 aliphatic carbocycles. The van der Waals surface area contributed by atoms with Gasteiger partial charge in [-0.15, -0.1) is 0 Å². The average Bonchev–Trinajstić information content (AvgIpc) is 2.98. The van der Waals surface area contributed by atoms with Gasteiger partial charge >= 0.3 is 5.97 Å². The highest BCUT2D eigenvalue weighted by atomic mass is 16.4. The second kappa shape index (κ2) is 13.6. The molecule has 0 amide bonds. The number of aromatic carboxylic acids is 1. The Morgan fingerprint density at radius 3 is 1.95 bits per heavy atom. The van der Waals surface area contributed by atoms with Gasteiger partial charge in [-0.3, -0.25) is 4.90 Å². The van der Waals surface area contributed by atoms with E-state index in [4.69, 9.17) is 0 Å². The molecule has 0 saturated carbocycles. The first-order chi connectivity index (χ1) is 19.7. The fourth-order valence-corrected chi connectivity index (χ4v) is 5.49. The smallest absolute Gasteiger partial charge is 0.336 e. The molecule has 0 saturated heterocycles. The van der Waals surface area contributed by atoms with Crippen LogP contribution in [0, 0.1) is 12.8 Å². The van der Waals surface area contributed by atoms with Gasteiger partial charge in [-0.1, -0.05) is 111 Å². The van der Waals surface area contributed by atoms with Gasteiger partial charge in [-0.05, 0) is 66.3 Å². The van der Waals surface area contributed by atoms with E-state index in [-0.39, 0.29) is 5.92 Å². The average molecular weight is 549 g/mol. The van der Waals surface area contributed by atoms with Crippen LogP contribution in [0.2, 0.25) is 0 Å². The summed E-state index contributed by atoms with van der Waals surface area (Å²) in [6, 6.07) is 33.8. The van der Waals surface area contributed by atoms with Crippen LogP contribution in [0.3, 0.4) is 0 Å². The quantitative estimate of drug-likeness (QED) is 0.181. The minimum atomic E-state index is -0.913. The Morgan fingerprint density at radius 2 is 1.37 bits per heavy atom. The van der Waals surface area contributed by atoms with E-state index in [0.29, 0.717) is 24.1 Å². The first kappa shape index (κ1) is 30.1. The maximum absolute atomic E-state index is 12.7. The van der Waals surface area contributed by atoms with E-state index in [0.717, 1.165) is 35.5 Å². The van der Waals surface area contributed by atoms with Crippen LogP contribution in [0.15, 0.2) is 97.1 Å². The molecule has 4 aromatic rings. The number of carbonyl (C=O) groups is 1. The molecule has 2 atom stereocenters. The van der Waals surface area contributed by atoms with Crippen LogP contribution in [0.4, 0.5) is 5.69 Å². The highest BCUT2D eigenvalue weighted by molar-refractivity contribution is 5.91. The van der Waals surface area contributed by atoms with Crippen molar-refractivity contribution in [1.29, 1.82) is 0 Å². The lowest BCUT2D eigenvalue weighted by Gasteiger charge is -2.31. The third-order valence-electron chi connectivity index (χ3n) is 8.34. The topological polar surface area (TPSA) is 43.8 Å². The fraction of sp³-hybridized carbons (Fsp3) is 0.324. The summed E-state index contributed by atoms with van der Waals surface area (Å²) in [5.41, 5.74) is 7.85. The van der Waals surface area contributed by atoms with Gasteiger partial charge in [-0.2, -0.15) is 0 Å². The first-order valence-electron chi connectivity index (χ1n) is 14.7. The predicted molar refractivity (Wildman–Crippen MR) is 171 cm³/mol. The van der Waals surface area contributed by atoms with Crippen LogP contribution < -0.4 is 4.90 Å². The van der Waals surface area contributed by atoms with Crippen LogP contribution in [0.5, 0.6) is 0 Å². The van der Waals surface area contributed by atoms with Gasteiger partial charge in [0.1, 0.15) is 0 Å². The summed E-state index contributed by atoms with van der Waals surface area (Å²) in [6.45, 7) is 13.7. The number of rotatable bonds is 12. The second-order valence-corrected chi connectivity index (χ2v) is 11.6. The molecule has 0 fully saturated rings. The molecule has 4 rings (SSSR count). The normalized spacial score (nSPS) is 12.9. The third kappa shape index (κ3) is 7.45. The minimum absolute atomic E-state index is 0.190. The number of benzene rings is 4. The molecule has 4 aromatic carbocycles. The third-order valence-corrected chi connectivity index (χ3v) is 8.34. The van der Waals surface area contributed by atoms with Crippen molar-refractivity contribution in [2.75, 3.05) is 18.5 Å². The van der Waals surface area contributed by atoms with Crippen molar-refractivity contribution in [2.45, 2.75) is 59.7 Å². The molecule has 4 nitrogen and oxygen atoms in total. The maximum atomic E-state index is 12.7. The zero-order valence-electron chi connectivity index (χ0n) is 25.3. The summed E-state index contributed by atoms with van der Waals surface area (Å²) in [6.07, 6.45) is 0. The number of hydrogen-bond donors (Lipinski definition) is 1. The van der Waals surface area contributed by atoms with Crippen LogP contribution >= 0.6 is 0 Å². The van der Waals surface area contributed by atoms with Crippen LogP contribution in [0.1, 0.15) is 77.4 Å². The van der Waals surface area contributed by atoms with Crippen molar-refractivity contribution in [3.05, 3.63) is 136 Å². The van der Waals surface area contributed by atoms with Crippen molar-refractivity contribution in [2.24, 2.45) is 5.92 Å². The Morgan fingerprint density at radius 1 is 0.780 bits per heavy atom. The van der Waals surface area contributed by atoms with Gasteiger partial charge in [0.2, 0.25) is 0 Å². The summed E-state index contributed by atoms with van der Waals surface area (Å²) < 4.78 is 0. The van der Waals surface area contributed by atoms with Crippen molar-refractivity contribution < 1.29 is 9.90 Å². The first-order valence-corrected chi connectivity index (χ1v) is 14.7. The molecular weight excluding hydrogens is 504 g/mol. The Bertz CT molecular complexity index is 1410. The lowest BCUT2D eigenvalue weighted by Crippen LogP contribution is -2.36. The number of carboxylic acids is 1. The van der Waals surface area contributed by atoms with Crippen molar-refractivity contribution in [3.8, 4) is 0 Å². The Labute approximate surface area is 246 Å². The van der Waals surface area contributed by atoms with Gasteiger partial charge in [0, 0.05) is 37.8 Å². The molecular formula is C37H44N2O2. The maximum Gasteiger partial charge on any atom is 0.336 e. The summed E-state index contributed by atoms with van der Waals surface area (Å²) in [4.78, 5) is 17.3. The second-order valence-electron chi connectivity index (χ2n) is 11.6. The molecule has 0 radical (unpaired) electrons. The van der Waals surface area contributed by atoms with E-state index < -0.39 is 5.97 Å². The van der Waals surface area contributed by atoms with E-state index in [2.05, 4.69) is 105 Å². The highest BCUT2D eigenvalue weighted by Crippen LogP contribution is 2.36. The van der Waals surface area contributed by atoms with Crippen LogP contribution in [-0.2, 0) is 13.1 Å². The molecule has 41 heavy (non-hydrogen) atoms. The lowest BCUT2D eigenvalue weighted by atomic mass is 9.82. The number of nitrogens with zero attached hydrogens (tertiary/aromatic N) is 2. The molecule has 0 aliphatic heterocycles. The summed E-state index contributed by atoms with van der Waals surface area (Å²) in [7, 11) is 2.01. The van der Waals surface area contributed by atoms with Gasteiger partial charge in [0.05, 0.1) is 5.56 Å². The highest BCUT2D eigenvalue weighted by Gasteiger charge is 2.24. The largest absolute Gasteiger partial charge is 0.478 e. The van der Waals surface area contributed by atoms with Gasteiger partial charge in [-0.25, -0.2) is 4.79 Å². The Hall–Kier alpha value is -3.89. The summed E-state index contributed by atoms with van der Waals surface area (Å²) in [5, 5.41) is 10.4. The standard InChI is InChI=1S/C37H44N2O2/c1-7-39(28(5)26(2)3)25-30-17-19-32(20-18-30)36(31-11-9-8-10-12-31)34-22-21-33(23-35(34)37(40)41)38(6)24-29-15-13-27(4)14-16-29/h8-23,26,28,36H,7,24-25H2,1-6H3,(H,40,41). The number of hydrogen-bond acceptors (Lipinski definition) is 3. The van der Waals surface area contributed by atoms with E-state index >= 15 is 0 Å². The summed E-state index contributed by atoms with van der Waals surface area (Å²) in [5.74, 6) is -0.515. The fourth-order valence-electron chi connectivity index (χ4n) is 5.49. The molecule has 0 aromatic heterocycles. The van der Waals surface area contributed by atoms with E-state index in [1.807, 2.05) is 43.4 Å². The minimum Gasteiger partial charge on any atom is -0.478 e. The molecule has 2 unspecified atom stereocenters. The van der Waals surface area contributed by atoms with Crippen molar-refractivity contribution >= 4 is 11.7 Å². The molecule has 1 N–H and O–H groups in total. The van der Waals surface area contributed by atoms with E-state index in [9.17, 15) is 9.90 Å². The van der Waals surface area contributed by atoms with E-state index in [1.165, 1.54) is 16.7 Å². The van der Waals surface area contributed by atoms with Crippen LogP contribution in [0.25, 0.3) is 0 Å². The van der Waals surface area contributed by atoms with Crippen molar-refractivity contribution in [1.82, 2.24) is 4.90 Å². The van der Waals surface area contributed by atoms with E-state index in [1.54, 1.807) is 0 Å².